The number of benzene rings is 1. The number of aromatic amines is 1. The van der Waals surface area contributed by atoms with Crippen molar-refractivity contribution >= 4 is 28.3 Å². The van der Waals surface area contributed by atoms with E-state index in [4.69, 9.17) is 31.3 Å². The van der Waals surface area contributed by atoms with E-state index >= 15 is 0 Å². The van der Waals surface area contributed by atoms with E-state index in [-0.39, 0.29) is 11.0 Å². The maximum Gasteiger partial charge on any atom is 0.318 e. The molecule has 0 amide bonds. The second-order valence-electron chi connectivity index (χ2n) is 15.7. The van der Waals surface area contributed by atoms with Crippen LogP contribution in [0, 0.1) is 0 Å². The summed E-state index contributed by atoms with van der Waals surface area (Å²) in [7, 11) is 0. The Bertz CT molecular complexity index is 2040. The SMILES string of the molecule is C/C=C1\CN2CCC[C@@]2(COc2nc(N3CC4CCC(C3)N4)c3c(n2)C2(CC2)c2c-3ccnc2-c2c(C3CC3)c(Cl)cc3[nH]ncc23)C1. The van der Waals surface area contributed by atoms with Gasteiger partial charge in [0.2, 0.25) is 0 Å². The van der Waals surface area contributed by atoms with Crippen molar-refractivity contribution in [3.05, 3.63) is 58.0 Å². The average Bonchev–Trinajstić information content (AvgIpc) is 3.88. The molecular formula is C38H41ClN8O. The van der Waals surface area contributed by atoms with Crippen LogP contribution in [0.1, 0.15) is 87.4 Å². The van der Waals surface area contributed by atoms with E-state index in [2.05, 4.69) is 44.4 Å². The number of pyridine rings is 1. The molecule has 4 aromatic rings. The first kappa shape index (κ1) is 28.3. The van der Waals surface area contributed by atoms with Crippen molar-refractivity contribution in [1.82, 2.24) is 35.4 Å². The molecule has 48 heavy (non-hydrogen) atoms. The van der Waals surface area contributed by atoms with Crippen molar-refractivity contribution < 1.29 is 4.74 Å². The lowest BCUT2D eigenvalue weighted by Gasteiger charge is -2.35. The molecule has 7 aliphatic rings. The quantitative estimate of drug-likeness (QED) is 0.226. The minimum absolute atomic E-state index is 0.0532. The van der Waals surface area contributed by atoms with Crippen LogP contribution in [0.2, 0.25) is 5.02 Å². The molecule has 1 aromatic carbocycles. The van der Waals surface area contributed by atoms with Gasteiger partial charge in [-0.25, -0.2) is 0 Å². The van der Waals surface area contributed by atoms with Crippen molar-refractivity contribution in [2.24, 2.45) is 0 Å². The summed E-state index contributed by atoms with van der Waals surface area (Å²) in [6.45, 7) is 6.92. The summed E-state index contributed by atoms with van der Waals surface area (Å²) in [5, 5.41) is 13.4. The van der Waals surface area contributed by atoms with Gasteiger partial charge in [-0.05, 0) is 106 Å². The summed E-state index contributed by atoms with van der Waals surface area (Å²) in [5.74, 6) is 1.50. The minimum atomic E-state index is -0.195. The third kappa shape index (κ3) is 3.98. The molecule has 9 nitrogen and oxygen atoms in total. The molecule has 4 aliphatic heterocycles. The summed E-state index contributed by atoms with van der Waals surface area (Å²) in [6.07, 6.45) is 16.6. The molecule has 3 aliphatic carbocycles. The zero-order valence-corrected chi connectivity index (χ0v) is 28.2. The Labute approximate surface area is 285 Å². The highest BCUT2D eigenvalue weighted by Crippen LogP contribution is 2.66. The normalized spacial score (nSPS) is 28.9. The fourth-order valence-electron chi connectivity index (χ4n) is 10.2. The maximum atomic E-state index is 7.07. The predicted octanol–water partition coefficient (Wildman–Crippen LogP) is 6.51. The molecule has 2 saturated carbocycles. The molecule has 1 spiro atoms. The number of aromatic nitrogens is 5. The van der Waals surface area contributed by atoms with Crippen molar-refractivity contribution in [2.45, 2.75) is 93.7 Å². The molecule has 2 unspecified atom stereocenters. The highest BCUT2D eigenvalue weighted by molar-refractivity contribution is 6.33. The summed E-state index contributed by atoms with van der Waals surface area (Å²) < 4.78 is 6.79. The molecule has 6 fully saturated rings. The largest absolute Gasteiger partial charge is 0.461 e. The Balaban J connectivity index is 1.08. The number of hydrogen-bond acceptors (Lipinski definition) is 8. The molecule has 4 saturated heterocycles. The highest BCUT2D eigenvalue weighted by Gasteiger charge is 2.58. The lowest BCUT2D eigenvalue weighted by atomic mass is 9.88. The molecule has 11 rings (SSSR count). The number of halogens is 1. The number of hydrogen-bond donors (Lipinski definition) is 2. The number of anilines is 1. The van der Waals surface area contributed by atoms with Crippen LogP contribution in [0.4, 0.5) is 5.82 Å². The van der Waals surface area contributed by atoms with Crippen LogP contribution in [0.3, 0.4) is 0 Å². The van der Waals surface area contributed by atoms with Gasteiger partial charge in [0, 0.05) is 64.9 Å². The number of piperazine rings is 1. The van der Waals surface area contributed by atoms with Gasteiger partial charge in [0.25, 0.3) is 0 Å². The molecule has 0 radical (unpaired) electrons. The standard InChI is InChI=1S/C38H41ClN8O/c1-2-21-15-37(9-3-13-47(37)17-21)20-48-36-43-34-31(35(44-36)46-18-23-6-7-24(19-46)42-23)25-8-12-40-33(32(25)38(34)10-11-38)30-26-16-41-45-28(26)14-27(39)29(30)22-4-5-22/h2,8,12,14,16,22-24,42H,3-7,9-11,13,15,17-20H2,1H3,(H,41,45)/b21-2-/t23?,24?,37-/m0/s1. The van der Waals surface area contributed by atoms with Gasteiger partial charge < -0.3 is 15.0 Å². The molecular weight excluding hydrogens is 620 g/mol. The molecule has 3 atom stereocenters. The Morgan fingerprint density at radius 2 is 1.94 bits per heavy atom. The second kappa shape index (κ2) is 10.0. The first-order valence-corrected chi connectivity index (χ1v) is 18.5. The van der Waals surface area contributed by atoms with Gasteiger partial charge in [-0.1, -0.05) is 23.3 Å². The van der Waals surface area contributed by atoms with Crippen molar-refractivity contribution in [3.8, 4) is 28.4 Å². The molecule has 10 heteroatoms. The van der Waals surface area contributed by atoms with Crippen LogP contribution in [0.25, 0.3) is 33.3 Å². The van der Waals surface area contributed by atoms with Gasteiger partial charge in [-0.15, -0.1) is 0 Å². The zero-order chi connectivity index (χ0) is 31.8. The van der Waals surface area contributed by atoms with E-state index in [0.29, 0.717) is 30.6 Å². The van der Waals surface area contributed by atoms with Gasteiger partial charge in [0.05, 0.1) is 28.6 Å². The Morgan fingerprint density at radius 3 is 2.73 bits per heavy atom. The lowest BCUT2D eigenvalue weighted by molar-refractivity contribution is 0.107. The predicted molar refractivity (Wildman–Crippen MR) is 187 cm³/mol. The van der Waals surface area contributed by atoms with Crippen LogP contribution in [0.15, 0.2) is 36.2 Å². The number of H-pyrrole nitrogens is 1. The smallest absolute Gasteiger partial charge is 0.318 e. The Kier molecular flexibility index (Phi) is 5.91. The topological polar surface area (TPSA) is 95.1 Å². The van der Waals surface area contributed by atoms with Crippen LogP contribution >= 0.6 is 11.6 Å². The molecule has 3 aromatic heterocycles. The molecule has 2 bridgehead atoms. The summed E-state index contributed by atoms with van der Waals surface area (Å²) in [5.41, 5.74) is 10.6. The summed E-state index contributed by atoms with van der Waals surface area (Å²) in [6, 6.07) is 5.79. The van der Waals surface area contributed by atoms with Crippen molar-refractivity contribution in [1.29, 1.82) is 0 Å². The van der Waals surface area contributed by atoms with E-state index in [9.17, 15) is 0 Å². The first-order chi connectivity index (χ1) is 23.5. The Hall–Kier alpha value is -3.53. The van der Waals surface area contributed by atoms with E-state index in [0.717, 1.165) is 97.0 Å². The summed E-state index contributed by atoms with van der Waals surface area (Å²) >= 11 is 7.07. The zero-order valence-electron chi connectivity index (χ0n) is 27.5. The van der Waals surface area contributed by atoms with Gasteiger partial charge in [0.1, 0.15) is 12.4 Å². The number of ether oxygens (including phenoxy) is 1. The van der Waals surface area contributed by atoms with Crippen LogP contribution < -0.4 is 15.0 Å². The number of rotatable bonds is 6. The first-order valence-electron chi connectivity index (χ1n) is 18.1. The Morgan fingerprint density at radius 1 is 1.08 bits per heavy atom. The van der Waals surface area contributed by atoms with Crippen LogP contribution in [-0.2, 0) is 5.41 Å². The van der Waals surface area contributed by atoms with E-state index in [1.807, 2.05) is 18.5 Å². The average molecular weight is 661 g/mol. The number of allylic oxidation sites excluding steroid dienone is 1. The molecule has 7 heterocycles. The number of fused-ring (bicyclic) bond motifs is 9. The van der Waals surface area contributed by atoms with E-state index in [1.54, 1.807) is 0 Å². The van der Waals surface area contributed by atoms with Crippen molar-refractivity contribution in [2.75, 3.05) is 37.7 Å². The summed E-state index contributed by atoms with van der Waals surface area (Å²) in [4.78, 5) is 21.1. The van der Waals surface area contributed by atoms with Gasteiger partial charge in [-0.2, -0.15) is 15.1 Å². The molecule has 246 valence electrons. The lowest BCUT2D eigenvalue weighted by Crippen LogP contribution is -2.51. The van der Waals surface area contributed by atoms with E-state index in [1.165, 1.54) is 53.5 Å². The maximum absolute atomic E-state index is 7.07. The van der Waals surface area contributed by atoms with Crippen molar-refractivity contribution in [3.63, 3.8) is 0 Å². The fourth-order valence-corrected chi connectivity index (χ4v) is 10.6. The van der Waals surface area contributed by atoms with Gasteiger partial charge >= 0.3 is 6.01 Å². The van der Waals surface area contributed by atoms with Crippen LogP contribution in [-0.4, -0.2) is 80.5 Å². The van der Waals surface area contributed by atoms with Gasteiger partial charge in [-0.3, -0.25) is 15.0 Å². The number of nitrogens with zero attached hydrogens (tertiary/aromatic N) is 6. The third-order valence-electron chi connectivity index (χ3n) is 12.8. The second-order valence-corrected chi connectivity index (χ2v) is 16.1. The monoisotopic (exact) mass is 660 g/mol. The minimum Gasteiger partial charge on any atom is -0.461 e. The molecule has 2 N–H and O–H groups in total. The number of nitrogens with one attached hydrogen (secondary N) is 2. The third-order valence-corrected chi connectivity index (χ3v) is 13.1. The van der Waals surface area contributed by atoms with E-state index < -0.39 is 0 Å². The highest BCUT2D eigenvalue weighted by atomic mass is 35.5. The fraction of sp³-hybridized carbons (Fsp3) is 0.526. The van der Waals surface area contributed by atoms with Gasteiger partial charge in [0.15, 0.2) is 0 Å². The van der Waals surface area contributed by atoms with Crippen LogP contribution in [0.5, 0.6) is 6.01 Å².